The monoisotopic (exact) mass is 283 g/mol. The second-order valence-electron chi connectivity index (χ2n) is 4.86. The molecule has 2 aromatic carbocycles. The molecule has 0 fully saturated rings. The molecule has 4 heteroatoms. The summed E-state index contributed by atoms with van der Waals surface area (Å²) in [6.07, 6.45) is 0.983. The van der Waals surface area contributed by atoms with E-state index in [9.17, 15) is 4.79 Å². The van der Waals surface area contributed by atoms with Crippen molar-refractivity contribution in [2.75, 3.05) is 18.5 Å². The lowest BCUT2D eigenvalue weighted by atomic mass is 10.1. The second kappa shape index (κ2) is 5.87. The number of hydrogen-bond acceptors (Lipinski definition) is 3. The maximum absolute atomic E-state index is 12.2. The molecule has 0 radical (unpaired) electrons. The minimum atomic E-state index is -0.156. The van der Waals surface area contributed by atoms with E-state index >= 15 is 0 Å². The number of amides is 1. The summed E-state index contributed by atoms with van der Waals surface area (Å²) in [5.74, 6) is 1.15. The van der Waals surface area contributed by atoms with Crippen molar-refractivity contribution < 1.29 is 14.3 Å². The van der Waals surface area contributed by atoms with Crippen molar-refractivity contribution in [3.63, 3.8) is 0 Å². The number of rotatable bonds is 3. The molecule has 0 unspecified atom stereocenters. The molecule has 0 aromatic heterocycles. The molecular formula is C17H17NO3. The zero-order valence-corrected chi connectivity index (χ0v) is 11.9. The van der Waals surface area contributed by atoms with Gasteiger partial charge in [-0.2, -0.15) is 0 Å². The highest BCUT2D eigenvalue weighted by Gasteiger charge is 2.15. The van der Waals surface area contributed by atoms with E-state index in [4.69, 9.17) is 9.47 Å². The molecule has 0 aliphatic carbocycles. The number of carbonyl (C=O) groups excluding carboxylic acids is 1. The maximum Gasteiger partial charge on any atom is 0.255 e. The Morgan fingerprint density at radius 1 is 1.05 bits per heavy atom. The van der Waals surface area contributed by atoms with Crippen LogP contribution in [0, 0.1) is 0 Å². The van der Waals surface area contributed by atoms with E-state index in [2.05, 4.69) is 12.2 Å². The fourth-order valence-electron chi connectivity index (χ4n) is 2.21. The molecule has 0 atom stereocenters. The Hall–Kier alpha value is -2.49. The summed E-state index contributed by atoms with van der Waals surface area (Å²) >= 11 is 0. The van der Waals surface area contributed by atoms with E-state index in [0.29, 0.717) is 30.3 Å². The molecule has 0 saturated carbocycles. The van der Waals surface area contributed by atoms with Crippen LogP contribution < -0.4 is 14.8 Å². The highest BCUT2D eigenvalue weighted by molar-refractivity contribution is 6.04. The molecule has 0 spiro atoms. The fourth-order valence-corrected chi connectivity index (χ4v) is 2.21. The van der Waals surface area contributed by atoms with Gasteiger partial charge >= 0.3 is 0 Å². The number of aryl methyl sites for hydroxylation is 1. The van der Waals surface area contributed by atoms with Crippen molar-refractivity contribution in [1.29, 1.82) is 0 Å². The van der Waals surface area contributed by atoms with Crippen LogP contribution in [0.5, 0.6) is 11.5 Å². The van der Waals surface area contributed by atoms with Crippen LogP contribution in [0.15, 0.2) is 42.5 Å². The van der Waals surface area contributed by atoms with E-state index < -0.39 is 0 Å². The van der Waals surface area contributed by atoms with Gasteiger partial charge in [-0.05, 0) is 42.3 Å². The van der Waals surface area contributed by atoms with Gasteiger partial charge in [0.15, 0.2) is 11.5 Å². The first-order valence-corrected chi connectivity index (χ1v) is 7.06. The molecule has 4 nitrogen and oxygen atoms in total. The minimum absolute atomic E-state index is 0.156. The Morgan fingerprint density at radius 3 is 2.48 bits per heavy atom. The van der Waals surface area contributed by atoms with Crippen molar-refractivity contribution >= 4 is 11.6 Å². The molecular weight excluding hydrogens is 266 g/mol. The Morgan fingerprint density at radius 2 is 1.76 bits per heavy atom. The van der Waals surface area contributed by atoms with Crippen LogP contribution >= 0.6 is 0 Å². The lowest BCUT2D eigenvalue weighted by molar-refractivity contribution is 0.102. The number of ether oxygens (including phenoxy) is 2. The molecule has 1 heterocycles. The number of hydrogen-bond donors (Lipinski definition) is 1. The maximum atomic E-state index is 12.2. The molecule has 2 aromatic rings. The molecule has 21 heavy (non-hydrogen) atoms. The first-order chi connectivity index (χ1) is 10.3. The summed E-state index contributed by atoms with van der Waals surface area (Å²) < 4.78 is 10.9. The lowest BCUT2D eigenvalue weighted by Crippen LogP contribution is -2.17. The fraction of sp³-hybridized carbons (Fsp3) is 0.235. The van der Waals surface area contributed by atoms with E-state index in [-0.39, 0.29) is 5.91 Å². The smallest absolute Gasteiger partial charge is 0.255 e. The first kappa shape index (κ1) is 13.5. The van der Waals surface area contributed by atoms with Gasteiger partial charge in [-0.25, -0.2) is 0 Å². The largest absolute Gasteiger partial charge is 0.486 e. The third kappa shape index (κ3) is 2.99. The third-order valence-corrected chi connectivity index (χ3v) is 3.42. The summed E-state index contributed by atoms with van der Waals surface area (Å²) in [4.78, 5) is 12.2. The molecule has 1 aliphatic heterocycles. The van der Waals surface area contributed by atoms with Crippen LogP contribution in [0.4, 0.5) is 5.69 Å². The minimum Gasteiger partial charge on any atom is -0.486 e. The zero-order valence-electron chi connectivity index (χ0n) is 11.9. The zero-order chi connectivity index (χ0) is 14.7. The SMILES string of the molecule is CCc1ccc(NC(=O)c2ccc3c(c2)OCCO3)cc1. The van der Waals surface area contributed by atoms with Crippen molar-refractivity contribution in [1.82, 2.24) is 0 Å². The van der Waals surface area contributed by atoms with Crippen LogP contribution in [0.3, 0.4) is 0 Å². The highest BCUT2D eigenvalue weighted by atomic mass is 16.6. The van der Waals surface area contributed by atoms with E-state index in [0.717, 1.165) is 12.1 Å². The predicted molar refractivity (Wildman–Crippen MR) is 81.2 cm³/mol. The predicted octanol–water partition coefficient (Wildman–Crippen LogP) is 3.27. The van der Waals surface area contributed by atoms with Gasteiger partial charge in [0.05, 0.1) is 0 Å². The topological polar surface area (TPSA) is 47.6 Å². The van der Waals surface area contributed by atoms with Gasteiger partial charge < -0.3 is 14.8 Å². The average molecular weight is 283 g/mol. The second-order valence-corrected chi connectivity index (χ2v) is 4.86. The average Bonchev–Trinajstić information content (AvgIpc) is 2.55. The van der Waals surface area contributed by atoms with E-state index in [1.165, 1.54) is 5.56 Å². The summed E-state index contributed by atoms with van der Waals surface area (Å²) in [5, 5.41) is 2.88. The lowest BCUT2D eigenvalue weighted by Gasteiger charge is -2.18. The Kier molecular flexibility index (Phi) is 3.77. The van der Waals surface area contributed by atoms with Gasteiger partial charge in [0, 0.05) is 11.3 Å². The Labute approximate surface area is 123 Å². The van der Waals surface area contributed by atoms with E-state index in [1.54, 1.807) is 18.2 Å². The van der Waals surface area contributed by atoms with Gasteiger partial charge in [0.2, 0.25) is 0 Å². The normalized spacial score (nSPS) is 12.8. The van der Waals surface area contributed by atoms with Crippen molar-refractivity contribution in [3.8, 4) is 11.5 Å². The van der Waals surface area contributed by atoms with Gasteiger partial charge in [0.1, 0.15) is 13.2 Å². The quantitative estimate of drug-likeness (QED) is 0.940. The molecule has 0 bridgehead atoms. The third-order valence-electron chi connectivity index (χ3n) is 3.42. The van der Waals surface area contributed by atoms with Crippen LogP contribution in [0.2, 0.25) is 0 Å². The van der Waals surface area contributed by atoms with Gasteiger partial charge in [-0.3, -0.25) is 4.79 Å². The number of anilines is 1. The van der Waals surface area contributed by atoms with Crippen molar-refractivity contribution in [2.24, 2.45) is 0 Å². The van der Waals surface area contributed by atoms with Crippen molar-refractivity contribution in [2.45, 2.75) is 13.3 Å². The summed E-state index contributed by atoms with van der Waals surface area (Å²) in [6.45, 7) is 3.15. The number of benzene rings is 2. The van der Waals surface area contributed by atoms with Gasteiger partial charge in [0.25, 0.3) is 5.91 Å². The molecule has 0 saturated heterocycles. The molecule has 3 rings (SSSR count). The van der Waals surface area contributed by atoms with Gasteiger partial charge in [-0.1, -0.05) is 19.1 Å². The van der Waals surface area contributed by atoms with Crippen LogP contribution in [0.25, 0.3) is 0 Å². The highest BCUT2D eigenvalue weighted by Crippen LogP contribution is 2.30. The number of fused-ring (bicyclic) bond motifs is 1. The standard InChI is InChI=1S/C17H17NO3/c1-2-12-3-6-14(7-4-12)18-17(19)13-5-8-15-16(11-13)21-10-9-20-15/h3-8,11H,2,9-10H2,1H3,(H,18,19). The van der Waals surface area contributed by atoms with Crippen LogP contribution in [-0.4, -0.2) is 19.1 Å². The van der Waals surface area contributed by atoms with Crippen molar-refractivity contribution in [3.05, 3.63) is 53.6 Å². The molecule has 1 amide bonds. The molecule has 1 N–H and O–H groups in total. The van der Waals surface area contributed by atoms with Gasteiger partial charge in [-0.15, -0.1) is 0 Å². The summed E-state index contributed by atoms with van der Waals surface area (Å²) in [5.41, 5.74) is 2.58. The summed E-state index contributed by atoms with van der Waals surface area (Å²) in [7, 11) is 0. The summed E-state index contributed by atoms with van der Waals surface area (Å²) in [6, 6.07) is 13.1. The van der Waals surface area contributed by atoms with E-state index in [1.807, 2.05) is 24.3 Å². The van der Waals surface area contributed by atoms with Crippen LogP contribution in [0.1, 0.15) is 22.8 Å². The number of carbonyl (C=O) groups is 1. The Balaban J connectivity index is 1.75. The number of nitrogens with one attached hydrogen (secondary N) is 1. The first-order valence-electron chi connectivity index (χ1n) is 7.06. The molecule has 108 valence electrons. The van der Waals surface area contributed by atoms with Crippen LogP contribution in [-0.2, 0) is 6.42 Å². The Bertz CT molecular complexity index is 650. The molecule has 1 aliphatic rings.